The molecule has 2 heterocycles. The van der Waals surface area contributed by atoms with Crippen LogP contribution in [-0.2, 0) is 11.2 Å². The largest absolute Gasteiger partial charge is 0.497 e. The number of urea groups is 1. The summed E-state index contributed by atoms with van der Waals surface area (Å²) in [4.78, 5) is 27.0. The van der Waals surface area contributed by atoms with Gasteiger partial charge in [0.05, 0.1) is 38.1 Å². The maximum Gasteiger partial charge on any atom is 0.319 e. The molecule has 4 rings (SSSR count). The van der Waals surface area contributed by atoms with Crippen molar-refractivity contribution in [1.82, 2.24) is 15.5 Å². The summed E-state index contributed by atoms with van der Waals surface area (Å²) in [5.74, 6) is 1.48. The fourth-order valence-corrected chi connectivity index (χ4v) is 3.71. The van der Waals surface area contributed by atoms with Crippen LogP contribution in [0.1, 0.15) is 17.2 Å². The van der Waals surface area contributed by atoms with Crippen LogP contribution in [0.25, 0.3) is 0 Å². The van der Waals surface area contributed by atoms with Crippen molar-refractivity contribution in [3.8, 4) is 11.5 Å². The summed E-state index contributed by atoms with van der Waals surface area (Å²) >= 11 is 0. The second-order valence-corrected chi connectivity index (χ2v) is 7.02. The Bertz CT molecular complexity index is 951. The Kier molecular flexibility index (Phi) is 5.12. The van der Waals surface area contributed by atoms with Crippen molar-refractivity contribution < 1.29 is 19.1 Å². The monoisotopic (exact) mass is 393 g/mol. The molecular formula is C22H23N3O4. The number of hydrogen-bond donors (Lipinski definition) is 2. The van der Waals surface area contributed by atoms with Gasteiger partial charge in [0, 0.05) is 6.54 Å². The number of carbonyl (C=O) groups excluding carboxylic acids is 2. The Balaban J connectivity index is 1.49. The Morgan fingerprint density at radius 3 is 2.21 bits per heavy atom. The van der Waals surface area contributed by atoms with Gasteiger partial charge in [0.15, 0.2) is 0 Å². The van der Waals surface area contributed by atoms with E-state index in [4.69, 9.17) is 9.47 Å². The van der Waals surface area contributed by atoms with Gasteiger partial charge in [-0.15, -0.1) is 0 Å². The van der Waals surface area contributed by atoms with E-state index in [1.807, 2.05) is 48.5 Å². The van der Waals surface area contributed by atoms with E-state index in [-0.39, 0.29) is 11.9 Å². The molecule has 0 radical (unpaired) electrons. The average Bonchev–Trinajstić information content (AvgIpc) is 3.07. The lowest BCUT2D eigenvalue weighted by Crippen LogP contribution is -2.44. The Labute approximate surface area is 169 Å². The van der Waals surface area contributed by atoms with E-state index in [1.165, 1.54) is 0 Å². The van der Waals surface area contributed by atoms with E-state index in [9.17, 15) is 9.59 Å². The molecule has 3 amide bonds. The quantitative estimate of drug-likeness (QED) is 0.790. The van der Waals surface area contributed by atoms with E-state index in [1.54, 1.807) is 19.1 Å². The van der Waals surface area contributed by atoms with E-state index < -0.39 is 6.04 Å². The van der Waals surface area contributed by atoms with E-state index in [2.05, 4.69) is 10.6 Å². The maximum atomic E-state index is 13.1. The molecule has 0 unspecified atom stereocenters. The molecule has 0 fully saturated rings. The summed E-state index contributed by atoms with van der Waals surface area (Å²) in [7, 11) is 3.23. The smallest absolute Gasteiger partial charge is 0.319 e. The minimum atomic E-state index is -0.469. The highest BCUT2D eigenvalue weighted by molar-refractivity contribution is 6.01. The molecule has 2 aliphatic heterocycles. The fraction of sp³-hybridized carbons (Fsp3) is 0.273. The van der Waals surface area contributed by atoms with Crippen LogP contribution in [0.3, 0.4) is 0 Å². The second-order valence-electron chi connectivity index (χ2n) is 7.02. The lowest BCUT2D eigenvalue weighted by Gasteiger charge is -2.25. The second kappa shape index (κ2) is 7.87. The minimum Gasteiger partial charge on any atom is -0.497 e. The number of nitrogens with zero attached hydrogens (tertiary/aromatic N) is 1. The number of nitrogens with one attached hydrogen (secondary N) is 2. The molecule has 0 spiro atoms. The first-order chi connectivity index (χ1) is 14.1. The van der Waals surface area contributed by atoms with Crippen molar-refractivity contribution in [2.45, 2.75) is 12.5 Å². The van der Waals surface area contributed by atoms with Crippen molar-refractivity contribution in [3.05, 3.63) is 70.9 Å². The van der Waals surface area contributed by atoms with Gasteiger partial charge in [-0.3, -0.25) is 4.79 Å². The Morgan fingerprint density at radius 2 is 1.59 bits per heavy atom. The summed E-state index contributed by atoms with van der Waals surface area (Å²) in [5, 5.41) is 5.67. The first-order valence-corrected chi connectivity index (χ1v) is 9.45. The van der Waals surface area contributed by atoms with Gasteiger partial charge in [-0.2, -0.15) is 0 Å². The zero-order valence-electron chi connectivity index (χ0n) is 16.4. The van der Waals surface area contributed by atoms with Crippen molar-refractivity contribution in [1.29, 1.82) is 0 Å². The van der Waals surface area contributed by atoms with Crippen molar-refractivity contribution in [2.75, 3.05) is 27.3 Å². The standard InChI is InChI=1S/C22H23N3O4/c1-28-16-7-3-14(4-8-16)11-12-25-13-18-19(21(25)26)20(24-22(27)23-18)15-5-9-17(29-2)10-6-15/h3-10,20H,11-13H2,1-2H3,(H2,23,24,27)/t20-/m0/s1. The zero-order chi connectivity index (χ0) is 20.4. The van der Waals surface area contributed by atoms with Crippen LogP contribution < -0.4 is 20.1 Å². The molecule has 0 saturated heterocycles. The third kappa shape index (κ3) is 3.76. The summed E-state index contributed by atoms with van der Waals surface area (Å²) in [6.07, 6.45) is 0.727. The molecule has 2 N–H and O–H groups in total. The summed E-state index contributed by atoms with van der Waals surface area (Å²) in [6, 6.07) is 14.4. The molecule has 2 aromatic carbocycles. The van der Waals surface area contributed by atoms with Gasteiger partial charge in [-0.25, -0.2) is 4.79 Å². The number of ether oxygens (including phenoxy) is 2. The first kappa shape index (κ1) is 18.9. The number of rotatable bonds is 6. The van der Waals surface area contributed by atoms with Crippen LogP contribution in [0, 0.1) is 0 Å². The van der Waals surface area contributed by atoms with Gasteiger partial charge < -0.3 is 25.0 Å². The van der Waals surface area contributed by atoms with E-state index >= 15 is 0 Å². The number of carbonyl (C=O) groups is 2. The van der Waals surface area contributed by atoms with Gasteiger partial charge in [0.2, 0.25) is 0 Å². The van der Waals surface area contributed by atoms with Gasteiger partial charge in [-0.1, -0.05) is 24.3 Å². The normalized spacial score (nSPS) is 18.3. The number of hydrogen-bond acceptors (Lipinski definition) is 4. The Morgan fingerprint density at radius 1 is 0.966 bits per heavy atom. The van der Waals surface area contributed by atoms with Gasteiger partial charge in [0.1, 0.15) is 11.5 Å². The molecule has 1 atom stereocenters. The zero-order valence-corrected chi connectivity index (χ0v) is 16.4. The van der Waals surface area contributed by atoms with Crippen LogP contribution in [-0.4, -0.2) is 44.1 Å². The number of benzene rings is 2. The van der Waals surface area contributed by atoms with E-state index in [0.29, 0.717) is 24.4 Å². The average molecular weight is 393 g/mol. The molecule has 0 bridgehead atoms. The minimum absolute atomic E-state index is 0.0539. The molecule has 2 aromatic rings. The predicted octanol–water partition coefficient (Wildman–Crippen LogP) is 2.40. The van der Waals surface area contributed by atoms with Gasteiger partial charge >= 0.3 is 6.03 Å². The molecule has 0 saturated carbocycles. The molecule has 2 aliphatic rings. The molecule has 7 nitrogen and oxygen atoms in total. The summed E-state index contributed by atoms with van der Waals surface area (Å²) < 4.78 is 10.4. The van der Waals surface area contributed by atoms with Crippen molar-refractivity contribution >= 4 is 11.9 Å². The third-order valence-corrected chi connectivity index (χ3v) is 5.30. The lowest BCUT2D eigenvalue weighted by molar-refractivity contribution is -0.125. The number of amides is 3. The summed E-state index contributed by atoms with van der Waals surface area (Å²) in [5.41, 5.74) is 3.25. The van der Waals surface area contributed by atoms with Crippen LogP contribution in [0.2, 0.25) is 0 Å². The molecule has 7 heteroatoms. The fourth-order valence-electron chi connectivity index (χ4n) is 3.71. The third-order valence-electron chi connectivity index (χ3n) is 5.30. The van der Waals surface area contributed by atoms with Crippen molar-refractivity contribution in [2.24, 2.45) is 0 Å². The highest BCUT2D eigenvalue weighted by atomic mass is 16.5. The van der Waals surface area contributed by atoms with Crippen LogP contribution in [0.5, 0.6) is 11.5 Å². The topological polar surface area (TPSA) is 79.9 Å². The van der Waals surface area contributed by atoms with Gasteiger partial charge in [0.25, 0.3) is 5.91 Å². The van der Waals surface area contributed by atoms with E-state index in [0.717, 1.165) is 29.0 Å². The number of methoxy groups -OCH3 is 2. The molecule has 0 aliphatic carbocycles. The molecule has 150 valence electrons. The summed E-state index contributed by atoms with van der Waals surface area (Å²) in [6.45, 7) is 0.980. The molecular weight excluding hydrogens is 370 g/mol. The highest BCUT2D eigenvalue weighted by Gasteiger charge is 2.40. The molecule has 0 aromatic heterocycles. The Hall–Kier alpha value is -3.48. The van der Waals surface area contributed by atoms with Crippen LogP contribution in [0.4, 0.5) is 4.79 Å². The maximum absolute atomic E-state index is 13.1. The van der Waals surface area contributed by atoms with Gasteiger partial charge in [-0.05, 0) is 41.8 Å². The van der Waals surface area contributed by atoms with Crippen LogP contribution in [0.15, 0.2) is 59.8 Å². The highest BCUT2D eigenvalue weighted by Crippen LogP contribution is 2.33. The first-order valence-electron chi connectivity index (χ1n) is 9.45. The predicted molar refractivity (Wildman–Crippen MR) is 108 cm³/mol. The van der Waals surface area contributed by atoms with Crippen LogP contribution >= 0.6 is 0 Å². The lowest BCUT2D eigenvalue weighted by atomic mass is 9.96. The SMILES string of the molecule is COc1ccc(CCN2CC3=C(C2=O)[C@H](c2ccc(OC)cc2)NC(=O)N3)cc1. The van der Waals surface area contributed by atoms with Crippen molar-refractivity contribution in [3.63, 3.8) is 0 Å². The molecule has 29 heavy (non-hydrogen) atoms.